The molecule has 1 aromatic carbocycles. The molecular weight excluding hydrogens is 358 g/mol. The molecule has 0 spiro atoms. The molecule has 0 saturated heterocycles. The van der Waals surface area contributed by atoms with Crippen molar-refractivity contribution in [2.75, 3.05) is 0 Å². The Morgan fingerprint density at radius 3 is 2.59 bits per heavy atom. The number of hydrogen-bond acceptors (Lipinski definition) is 3. The first-order valence-electron chi connectivity index (χ1n) is 10.7. The van der Waals surface area contributed by atoms with Gasteiger partial charge in [-0.15, -0.1) is 0 Å². The third-order valence-corrected chi connectivity index (χ3v) is 6.13. The topological polar surface area (TPSA) is 53.4 Å². The van der Waals surface area contributed by atoms with Crippen LogP contribution in [0.5, 0.6) is 11.5 Å². The fraction of sp³-hybridized carbons (Fsp3) is 0.423. The summed E-state index contributed by atoms with van der Waals surface area (Å²) in [6, 6.07) is 5.72. The summed E-state index contributed by atoms with van der Waals surface area (Å²) in [6.45, 7) is 10.5. The fourth-order valence-electron chi connectivity index (χ4n) is 4.56. The minimum absolute atomic E-state index is 0.0634. The molecule has 0 amide bonds. The van der Waals surface area contributed by atoms with Crippen LogP contribution in [0.1, 0.15) is 69.9 Å². The highest BCUT2D eigenvalue weighted by molar-refractivity contribution is 5.78. The molecule has 1 heterocycles. The van der Waals surface area contributed by atoms with E-state index in [-0.39, 0.29) is 23.3 Å². The van der Waals surface area contributed by atoms with Crippen LogP contribution in [0, 0.1) is 5.92 Å². The predicted octanol–water partition coefficient (Wildman–Crippen LogP) is 6.91. The Kier molecular flexibility index (Phi) is 6.79. The van der Waals surface area contributed by atoms with Crippen LogP contribution < -0.4 is 0 Å². The van der Waals surface area contributed by atoms with Crippen molar-refractivity contribution < 1.29 is 10.2 Å². The van der Waals surface area contributed by atoms with Gasteiger partial charge in [0.2, 0.25) is 0 Å². The van der Waals surface area contributed by atoms with Crippen molar-refractivity contribution in [1.29, 1.82) is 0 Å². The van der Waals surface area contributed by atoms with Crippen molar-refractivity contribution in [1.82, 2.24) is 4.98 Å². The molecule has 1 aliphatic rings. The maximum Gasteiger partial charge on any atom is 0.131 e. The zero-order chi connectivity index (χ0) is 21.0. The molecule has 0 radical (unpaired) electrons. The molecule has 1 aromatic heterocycles. The van der Waals surface area contributed by atoms with E-state index in [4.69, 9.17) is 0 Å². The van der Waals surface area contributed by atoms with E-state index in [9.17, 15) is 10.2 Å². The standard InChI is InChI=1S/C26H33NO2/c1-5-6-7-8-20-16-23(28)25(22-15-18(4)9-10-21(22)17(2)3)26(29)24(20)19-11-13-27-14-12-19/h11-16,21-22,28-29H,2,5-10H2,1,3-4H3/t21-,22+/m0/s1. The zero-order valence-electron chi connectivity index (χ0n) is 17.9. The summed E-state index contributed by atoms with van der Waals surface area (Å²) in [7, 11) is 0. The van der Waals surface area contributed by atoms with E-state index in [2.05, 4.69) is 31.5 Å². The second-order valence-corrected chi connectivity index (χ2v) is 8.42. The van der Waals surface area contributed by atoms with Crippen LogP contribution in [0.4, 0.5) is 0 Å². The number of nitrogens with zero attached hydrogens (tertiary/aromatic N) is 1. The largest absolute Gasteiger partial charge is 0.507 e. The SMILES string of the molecule is C=C(C)[C@@H]1CCC(C)=C[C@H]1c1c(O)cc(CCCCC)c(-c2ccncc2)c1O. The maximum absolute atomic E-state index is 11.5. The van der Waals surface area contributed by atoms with E-state index in [0.717, 1.165) is 60.8 Å². The Hall–Kier alpha value is -2.55. The average molecular weight is 392 g/mol. The number of phenols is 2. The highest BCUT2D eigenvalue weighted by Gasteiger charge is 2.31. The predicted molar refractivity (Wildman–Crippen MR) is 120 cm³/mol. The third kappa shape index (κ3) is 4.55. The van der Waals surface area contributed by atoms with Crippen molar-refractivity contribution in [2.24, 2.45) is 5.92 Å². The minimum atomic E-state index is -0.0634. The second-order valence-electron chi connectivity index (χ2n) is 8.42. The first-order valence-corrected chi connectivity index (χ1v) is 10.7. The van der Waals surface area contributed by atoms with Gasteiger partial charge in [0.25, 0.3) is 0 Å². The van der Waals surface area contributed by atoms with Gasteiger partial charge in [0.05, 0.1) is 0 Å². The highest BCUT2D eigenvalue weighted by Crippen LogP contribution is 2.50. The number of benzene rings is 1. The number of unbranched alkanes of at least 4 members (excludes halogenated alkanes) is 2. The van der Waals surface area contributed by atoms with E-state index in [1.807, 2.05) is 25.1 Å². The highest BCUT2D eigenvalue weighted by atomic mass is 16.3. The van der Waals surface area contributed by atoms with Gasteiger partial charge in [-0.25, -0.2) is 0 Å². The summed E-state index contributed by atoms with van der Waals surface area (Å²) < 4.78 is 0. The van der Waals surface area contributed by atoms with Crippen molar-refractivity contribution in [3.8, 4) is 22.6 Å². The molecule has 3 heteroatoms. The van der Waals surface area contributed by atoms with Crippen LogP contribution in [-0.2, 0) is 6.42 Å². The summed E-state index contributed by atoms with van der Waals surface area (Å²) in [5.74, 6) is 0.539. The molecule has 0 saturated carbocycles. The smallest absolute Gasteiger partial charge is 0.131 e. The van der Waals surface area contributed by atoms with Gasteiger partial charge in [-0.3, -0.25) is 4.98 Å². The van der Waals surface area contributed by atoms with Gasteiger partial charge in [-0.2, -0.15) is 0 Å². The monoisotopic (exact) mass is 391 g/mol. The molecule has 29 heavy (non-hydrogen) atoms. The van der Waals surface area contributed by atoms with Crippen molar-refractivity contribution in [3.63, 3.8) is 0 Å². The second kappa shape index (κ2) is 9.30. The number of allylic oxidation sites excluding steroid dienone is 3. The molecule has 0 aliphatic heterocycles. The summed E-state index contributed by atoms with van der Waals surface area (Å²) in [6.07, 6.45) is 11.8. The first-order chi connectivity index (χ1) is 13.9. The number of phenolic OH excluding ortho intramolecular Hbond substituents is 2. The molecule has 0 fully saturated rings. The normalized spacial score (nSPS) is 19.1. The quantitative estimate of drug-likeness (QED) is 0.398. The number of pyridine rings is 1. The number of rotatable bonds is 7. The Morgan fingerprint density at radius 2 is 1.93 bits per heavy atom. The molecule has 2 atom stereocenters. The number of aromatic nitrogens is 1. The summed E-state index contributed by atoms with van der Waals surface area (Å²) in [5.41, 5.74) is 5.77. The molecular formula is C26H33NO2. The van der Waals surface area contributed by atoms with Crippen LogP contribution in [0.2, 0.25) is 0 Å². The van der Waals surface area contributed by atoms with Gasteiger partial charge in [-0.1, -0.05) is 43.6 Å². The number of hydrogen-bond donors (Lipinski definition) is 2. The fourth-order valence-corrected chi connectivity index (χ4v) is 4.56. The van der Waals surface area contributed by atoms with Crippen molar-refractivity contribution in [3.05, 3.63) is 65.5 Å². The average Bonchev–Trinajstić information content (AvgIpc) is 2.68. The molecule has 3 nitrogen and oxygen atoms in total. The molecule has 0 unspecified atom stereocenters. The van der Waals surface area contributed by atoms with Crippen LogP contribution in [0.25, 0.3) is 11.1 Å². The minimum Gasteiger partial charge on any atom is -0.507 e. The molecule has 1 aliphatic carbocycles. The van der Waals surface area contributed by atoms with Crippen molar-refractivity contribution >= 4 is 0 Å². The van der Waals surface area contributed by atoms with Gasteiger partial charge in [0, 0.05) is 29.4 Å². The molecule has 2 aromatic rings. The zero-order valence-corrected chi connectivity index (χ0v) is 17.9. The molecule has 0 bridgehead atoms. The lowest BCUT2D eigenvalue weighted by Crippen LogP contribution is -2.17. The van der Waals surface area contributed by atoms with Crippen LogP contribution in [0.3, 0.4) is 0 Å². The Labute approximate surface area is 174 Å². The summed E-state index contributed by atoms with van der Waals surface area (Å²) >= 11 is 0. The number of aromatic hydroxyl groups is 2. The van der Waals surface area contributed by atoms with E-state index in [0.29, 0.717) is 5.56 Å². The first kappa shape index (κ1) is 21.2. The Morgan fingerprint density at radius 1 is 1.21 bits per heavy atom. The van der Waals surface area contributed by atoms with Gasteiger partial charge >= 0.3 is 0 Å². The number of aryl methyl sites for hydroxylation is 1. The van der Waals surface area contributed by atoms with Crippen LogP contribution >= 0.6 is 0 Å². The molecule has 154 valence electrons. The van der Waals surface area contributed by atoms with E-state index in [1.165, 1.54) is 5.57 Å². The summed E-state index contributed by atoms with van der Waals surface area (Å²) in [5, 5.41) is 22.5. The van der Waals surface area contributed by atoms with Gasteiger partial charge in [-0.05, 0) is 74.8 Å². The van der Waals surface area contributed by atoms with E-state index < -0.39 is 0 Å². The van der Waals surface area contributed by atoms with Gasteiger partial charge in [0.15, 0.2) is 0 Å². The van der Waals surface area contributed by atoms with Gasteiger partial charge in [0.1, 0.15) is 11.5 Å². The third-order valence-electron chi connectivity index (χ3n) is 6.13. The molecule has 3 rings (SSSR count). The van der Waals surface area contributed by atoms with Crippen molar-refractivity contribution in [2.45, 2.75) is 65.2 Å². The maximum atomic E-state index is 11.5. The van der Waals surface area contributed by atoms with E-state index >= 15 is 0 Å². The van der Waals surface area contributed by atoms with Crippen LogP contribution in [-0.4, -0.2) is 15.2 Å². The Balaban J connectivity index is 2.18. The Bertz CT molecular complexity index is 899. The van der Waals surface area contributed by atoms with E-state index in [1.54, 1.807) is 12.4 Å². The summed E-state index contributed by atoms with van der Waals surface area (Å²) in [4.78, 5) is 4.13. The van der Waals surface area contributed by atoms with Crippen LogP contribution in [0.15, 0.2) is 54.4 Å². The molecule has 2 N–H and O–H groups in total. The lowest BCUT2D eigenvalue weighted by Gasteiger charge is -2.32. The van der Waals surface area contributed by atoms with Gasteiger partial charge < -0.3 is 10.2 Å². The lowest BCUT2D eigenvalue weighted by molar-refractivity contribution is 0.407. The lowest BCUT2D eigenvalue weighted by atomic mass is 9.73.